The largest absolute Gasteiger partial charge is 0.480 e. The predicted molar refractivity (Wildman–Crippen MR) is 70.6 cm³/mol. The van der Waals surface area contributed by atoms with Crippen molar-refractivity contribution in [2.45, 2.75) is 36.1 Å². The van der Waals surface area contributed by atoms with E-state index in [9.17, 15) is 22.7 Å². The lowest BCUT2D eigenvalue weighted by Crippen LogP contribution is -2.52. The molecule has 1 fully saturated rings. The summed E-state index contributed by atoms with van der Waals surface area (Å²) in [6.45, 7) is 0. The van der Waals surface area contributed by atoms with Crippen LogP contribution in [0.5, 0.6) is 0 Å². The third-order valence-electron chi connectivity index (χ3n) is 3.38. The van der Waals surface area contributed by atoms with Crippen LogP contribution in [-0.4, -0.2) is 25.0 Å². The normalized spacial score (nSPS) is 18.1. The van der Waals surface area contributed by atoms with Gasteiger partial charge in [-0.25, -0.2) is 12.8 Å². The van der Waals surface area contributed by atoms with Gasteiger partial charge in [-0.2, -0.15) is 4.72 Å². The summed E-state index contributed by atoms with van der Waals surface area (Å²) in [4.78, 5) is 10.9. The number of aliphatic carboxylic acids is 1. The van der Waals surface area contributed by atoms with Gasteiger partial charge in [0.2, 0.25) is 10.0 Å². The van der Waals surface area contributed by atoms with E-state index in [0.717, 1.165) is 18.2 Å². The van der Waals surface area contributed by atoms with Crippen LogP contribution in [0.15, 0.2) is 23.1 Å². The molecule has 0 aliphatic heterocycles. The van der Waals surface area contributed by atoms with Crippen molar-refractivity contribution in [3.8, 4) is 0 Å². The van der Waals surface area contributed by atoms with Gasteiger partial charge in [0.05, 0.1) is 5.02 Å². The maximum atomic E-state index is 13.2. The summed E-state index contributed by atoms with van der Waals surface area (Å²) in [5, 5.41) is 9.11. The van der Waals surface area contributed by atoms with Crippen LogP contribution >= 0.6 is 11.6 Å². The smallest absolute Gasteiger partial charge is 0.324 e. The summed E-state index contributed by atoms with van der Waals surface area (Å²) in [6, 6.07) is 2.92. The SMILES string of the molecule is O=C(O)C1(NS(=O)(=O)c2cc(F)ccc2Cl)CCCC1. The van der Waals surface area contributed by atoms with Crippen LogP contribution in [0.2, 0.25) is 5.02 Å². The number of carbonyl (C=O) groups is 1. The molecule has 1 aromatic rings. The predicted octanol–water partition coefficient (Wildman–Crippen LogP) is 2.15. The van der Waals surface area contributed by atoms with Crippen molar-refractivity contribution in [3.05, 3.63) is 29.0 Å². The fraction of sp³-hybridized carbons (Fsp3) is 0.417. The van der Waals surface area contributed by atoms with Crippen LogP contribution in [0.3, 0.4) is 0 Å². The highest BCUT2D eigenvalue weighted by Gasteiger charge is 2.45. The van der Waals surface area contributed by atoms with Crippen LogP contribution in [0.25, 0.3) is 0 Å². The fourth-order valence-corrected chi connectivity index (χ4v) is 4.26. The fourth-order valence-electron chi connectivity index (χ4n) is 2.33. The van der Waals surface area contributed by atoms with Crippen LogP contribution in [0, 0.1) is 5.82 Å². The molecule has 0 radical (unpaired) electrons. The molecule has 1 aliphatic rings. The molecule has 20 heavy (non-hydrogen) atoms. The van der Waals surface area contributed by atoms with E-state index >= 15 is 0 Å². The standard InChI is InChI=1S/C12H13ClFNO4S/c13-9-4-3-8(14)7-10(9)20(18,19)15-12(11(16)17)5-1-2-6-12/h3-4,7,15H,1-2,5-6H2,(H,16,17). The van der Waals surface area contributed by atoms with E-state index in [1.807, 2.05) is 0 Å². The summed E-state index contributed by atoms with van der Waals surface area (Å²) in [7, 11) is -4.20. The lowest BCUT2D eigenvalue weighted by molar-refractivity contribution is -0.143. The van der Waals surface area contributed by atoms with Crippen molar-refractivity contribution in [1.29, 1.82) is 0 Å². The van der Waals surface area contributed by atoms with Crippen molar-refractivity contribution in [2.75, 3.05) is 0 Å². The highest BCUT2D eigenvalue weighted by atomic mass is 35.5. The van der Waals surface area contributed by atoms with Gasteiger partial charge in [-0.3, -0.25) is 4.79 Å². The van der Waals surface area contributed by atoms with E-state index in [1.54, 1.807) is 0 Å². The summed E-state index contributed by atoms with van der Waals surface area (Å²) < 4.78 is 39.8. The first-order chi connectivity index (χ1) is 9.27. The first kappa shape index (κ1) is 15.2. The second-order valence-electron chi connectivity index (χ2n) is 4.77. The number of hydrogen-bond acceptors (Lipinski definition) is 3. The molecule has 0 heterocycles. The second kappa shape index (κ2) is 5.31. The molecule has 1 aromatic carbocycles. The zero-order valence-corrected chi connectivity index (χ0v) is 12.0. The van der Waals surface area contributed by atoms with E-state index in [-0.39, 0.29) is 17.9 Å². The minimum absolute atomic E-state index is 0.155. The Balaban J connectivity index is 2.40. The number of halogens is 2. The molecule has 0 bridgehead atoms. The number of carboxylic acids is 1. The third-order valence-corrected chi connectivity index (χ3v) is 5.40. The number of benzene rings is 1. The van der Waals surface area contributed by atoms with Gasteiger partial charge in [-0.05, 0) is 31.0 Å². The van der Waals surface area contributed by atoms with Crippen molar-refractivity contribution in [2.24, 2.45) is 0 Å². The van der Waals surface area contributed by atoms with Crippen LogP contribution in [0.1, 0.15) is 25.7 Å². The minimum Gasteiger partial charge on any atom is -0.480 e. The molecule has 110 valence electrons. The van der Waals surface area contributed by atoms with Crippen molar-refractivity contribution in [3.63, 3.8) is 0 Å². The number of carboxylic acid groups (broad SMARTS) is 1. The van der Waals surface area contributed by atoms with E-state index < -0.39 is 32.2 Å². The van der Waals surface area contributed by atoms with Gasteiger partial charge in [0.25, 0.3) is 0 Å². The van der Waals surface area contributed by atoms with Crippen molar-refractivity contribution in [1.82, 2.24) is 4.72 Å². The van der Waals surface area contributed by atoms with Crippen LogP contribution in [0.4, 0.5) is 4.39 Å². The van der Waals surface area contributed by atoms with Gasteiger partial charge < -0.3 is 5.11 Å². The zero-order chi connectivity index (χ0) is 15.0. The average Bonchev–Trinajstić information content (AvgIpc) is 2.81. The molecule has 2 N–H and O–H groups in total. The Morgan fingerprint density at radius 2 is 1.95 bits per heavy atom. The van der Waals surface area contributed by atoms with E-state index in [2.05, 4.69) is 4.72 Å². The quantitative estimate of drug-likeness (QED) is 0.890. The van der Waals surface area contributed by atoms with Gasteiger partial charge >= 0.3 is 5.97 Å². The topological polar surface area (TPSA) is 83.5 Å². The highest BCUT2D eigenvalue weighted by molar-refractivity contribution is 7.89. The lowest BCUT2D eigenvalue weighted by Gasteiger charge is -2.25. The van der Waals surface area contributed by atoms with Gasteiger partial charge in [0.1, 0.15) is 16.3 Å². The number of hydrogen-bond donors (Lipinski definition) is 2. The molecule has 0 unspecified atom stereocenters. The Labute approximate surface area is 120 Å². The average molecular weight is 322 g/mol. The van der Waals surface area contributed by atoms with Gasteiger partial charge in [-0.15, -0.1) is 0 Å². The lowest BCUT2D eigenvalue weighted by atomic mass is 10.0. The molecule has 1 saturated carbocycles. The Morgan fingerprint density at radius 1 is 1.35 bits per heavy atom. The second-order valence-corrected chi connectivity index (χ2v) is 6.83. The summed E-state index contributed by atoms with van der Waals surface area (Å²) in [5.74, 6) is -1.99. The van der Waals surface area contributed by atoms with Gasteiger partial charge in [-0.1, -0.05) is 24.4 Å². The van der Waals surface area contributed by atoms with Crippen LogP contribution in [-0.2, 0) is 14.8 Å². The molecular weight excluding hydrogens is 309 g/mol. The molecular formula is C12H13ClFNO4S. The Hall–Kier alpha value is -1.18. The maximum Gasteiger partial charge on any atom is 0.324 e. The third kappa shape index (κ3) is 2.79. The van der Waals surface area contributed by atoms with Gasteiger partial charge in [0, 0.05) is 0 Å². The van der Waals surface area contributed by atoms with E-state index in [1.165, 1.54) is 0 Å². The Bertz CT molecular complexity index is 641. The number of rotatable bonds is 4. The van der Waals surface area contributed by atoms with E-state index in [4.69, 9.17) is 11.6 Å². The molecule has 0 saturated heterocycles. The molecule has 2 rings (SSSR count). The Morgan fingerprint density at radius 3 is 2.50 bits per heavy atom. The van der Waals surface area contributed by atoms with Crippen LogP contribution < -0.4 is 4.72 Å². The molecule has 5 nitrogen and oxygen atoms in total. The summed E-state index contributed by atoms with van der Waals surface area (Å²) >= 11 is 5.76. The maximum absolute atomic E-state index is 13.2. The molecule has 0 spiro atoms. The minimum atomic E-state index is -4.20. The molecule has 0 amide bonds. The number of sulfonamides is 1. The van der Waals surface area contributed by atoms with Crippen molar-refractivity contribution < 1.29 is 22.7 Å². The molecule has 1 aliphatic carbocycles. The summed E-state index contributed by atoms with van der Waals surface area (Å²) in [6.07, 6.45) is 1.64. The Kier molecular flexibility index (Phi) is 4.04. The molecule has 0 atom stereocenters. The van der Waals surface area contributed by atoms with Gasteiger partial charge in [0.15, 0.2) is 0 Å². The monoisotopic (exact) mass is 321 g/mol. The first-order valence-electron chi connectivity index (χ1n) is 5.99. The molecule has 8 heteroatoms. The van der Waals surface area contributed by atoms with E-state index in [0.29, 0.717) is 12.8 Å². The van der Waals surface area contributed by atoms with Crippen molar-refractivity contribution >= 4 is 27.6 Å². The first-order valence-corrected chi connectivity index (χ1v) is 7.85. The zero-order valence-electron chi connectivity index (χ0n) is 10.4. The highest BCUT2D eigenvalue weighted by Crippen LogP contribution is 2.32. The number of nitrogens with one attached hydrogen (secondary N) is 1. The summed E-state index contributed by atoms with van der Waals surface area (Å²) in [5.41, 5.74) is -1.53. The molecule has 0 aromatic heterocycles.